The van der Waals surface area contributed by atoms with Crippen LogP contribution in [0, 0.1) is 5.92 Å². The minimum Gasteiger partial charge on any atom is -0.497 e. The van der Waals surface area contributed by atoms with Crippen LogP contribution in [0.15, 0.2) is 42.6 Å². The first kappa shape index (κ1) is 17.5. The van der Waals surface area contributed by atoms with Crippen molar-refractivity contribution < 1.29 is 9.53 Å². The van der Waals surface area contributed by atoms with Gasteiger partial charge in [0.2, 0.25) is 0 Å². The smallest absolute Gasteiger partial charge is 0.252 e. The molecule has 3 unspecified atom stereocenters. The minimum atomic E-state index is -0.408. The molecule has 3 atom stereocenters. The highest BCUT2D eigenvalue weighted by molar-refractivity contribution is 5.97. The molecule has 6 heteroatoms. The molecule has 0 radical (unpaired) electrons. The molecule has 5 heterocycles. The number of primary amides is 1. The van der Waals surface area contributed by atoms with E-state index < -0.39 is 5.91 Å². The van der Waals surface area contributed by atoms with Crippen LogP contribution in [0.5, 0.6) is 5.75 Å². The second-order valence-corrected chi connectivity index (χ2v) is 8.13. The van der Waals surface area contributed by atoms with Crippen LogP contribution in [0.3, 0.4) is 0 Å². The average molecular weight is 378 g/mol. The monoisotopic (exact) mass is 378 g/mol. The minimum absolute atomic E-state index is 0.377. The zero-order chi connectivity index (χ0) is 19.3. The van der Waals surface area contributed by atoms with E-state index in [9.17, 15) is 4.79 Å². The predicted octanol–water partition coefficient (Wildman–Crippen LogP) is 2.26. The Labute approximate surface area is 165 Å². The molecule has 1 aromatic heterocycles. The quantitative estimate of drug-likeness (QED) is 0.884. The fraction of sp³-hybridized carbons (Fsp3) is 0.455. The number of carbonyl (C=O) groups excluding carboxylic acids is 1. The molecular weight excluding hydrogens is 352 g/mol. The van der Waals surface area contributed by atoms with Gasteiger partial charge in [0.15, 0.2) is 0 Å². The van der Waals surface area contributed by atoms with Crippen LogP contribution < -0.4 is 15.4 Å². The van der Waals surface area contributed by atoms with Gasteiger partial charge in [-0.15, -0.1) is 0 Å². The van der Waals surface area contributed by atoms with Crippen LogP contribution in [0.25, 0.3) is 0 Å². The molecule has 6 rings (SSSR count). The number of pyridine rings is 1. The molecule has 4 aliphatic heterocycles. The van der Waals surface area contributed by atoms with Crippen molar-refractivity contribution in [2.75, 3.05) is 31.6 Å². The fourth-order valence-corrected chi connectivity index (χ4v) is 5.63. The van der Waals surface area contributed by atoms with Crippen molar-refractivity contribution in [3.05, 3.63) is 53.7 Å². The summed E-state index contributed by atoms with van der Waals surface area (Å²) in [7, 11) is 1.70. The molecule has 4 fully saturated rings. The number of rotatable bonds is 4. The molecule has 4 saturated heterocycles. The lowest BCUT2D eigenvalue weighted by atomic mass is 9.75. The highest BCUT2D eigenvalue weighted by atomic mass is 16.5. The Morgan fingerprint density at radius 1 is 1.14 bits per heavy atom. The van der Waals surface area contributed by atoms with E-state index in [2.05, 4.69) is 26.9 Å². The average Bonchev–Trinajstić information content (AvgIpc) is 3.17. The number of benzene rings is 1. The van der Waals surface area contributed by atoms with E-state index in [0.717, 1.165) is 31.2 Å². The topological polar surface area (TPSA) is 71.7 Å². The number of hydrogen-bond donors (Lipinski definition) is 1. The Balaban J connectivity index is 1.57. The number of fused-ring (bicyclic) bond motifs is 2. The third-order valence-corrected chi connectivity index (χ3v) is 6.86. The number of hydrogen-bond acceptors (Lipinski definition) is 5. The third kappa shape index (κ3) is 2.66. The van der Waals surface area contributed by atoms with Crippen molar-refractivity contribution in [1.29, 1.82) is 0 Å². The molecule has 0 saturated carbocycles. The molecule has 2 N–H and O–H groups in total. The van der Waals surface area contributed by atoms with Gasteiger partial charge < -0.3 is 15.4 Å². The van der Waals surface area contributed by atoms with Gasteiger partial charge in [0, 0.05) is 30.7 Å². The maximum absolute atomic E-state index is 12.1. The van der Waals surface area contributed by atoms with E-state index in [1.807, 2.05) is 12.1 Å². The number of aromatic nitrogens is 1. The van der Waals surface area contributed by atoms with Gasteiger partial charge in [0.05, 0.1) is 12.7 Å². The number of carbonyl (C=O) groups is 1. The Hall–Kier alpha value is -2.60. The van der Waals surface area contributed by atoms with Crippen LogP contribution in [0.1, 0.15) is 34.7 Å². The second-order valence-electron chi connectivity index (χ2n) is 8.13. The van der Waals surface area contributed by atoms with Gasteiger partial charge >= 0.3 is 0 Å². The molecule has 1 amide bonds. The fourth-order valence-electron chi connectivity index (χ4n) is 5.63. The van der Waals surface area contributed by atoms with Gasteiger partial charge in [-0.2, -0.15) is 0 Å². The van der Waals surface area contributed by atoms with Crippen molar-refractivity contribution in [2.24, 2.45) is 11.7 Å². The number of nitrogens with two attached hydrogens (primary N) is 1. The Morgan fingerprint density at radius 2 is 1.89 bits per heavy atom. The molecular formula is C22H26N4O2. The second kappa shape index (κ2) is 6.78. The highest BCUT2D eigenvalue weighted by Crippen LogP contribution is 2.48. The summed E-state index contributed by atoms with van der Waals surface area (Å²) in [4.78, 5) is 21.7. The summed E-state index contributed by atoms with van der Waals surface area (Å²) < 4.78 is 5.34. The van der Waals surface area contributed by atoms with Crippen LogP contribution in [0.2, 0.25) is 0 Å². The summed E-state index contributed by atoms with van der Waals surface area (Å²) in [6.07, 6.45) is 4.19. The first-order valence-electron chi connectivity index (χ1n) is 10.1. The van der Waals surface area contributed by atoms with Crippen molar-refractivity contribution in [2.45, 2.75) is 30.8 Å². The number of ether oxygens (including phenoxy) is 1. The van der Waals surface area contributed by atoms with Crippen molar-refractivity contribution in [1.82, 2.24) is 9.88 Å². The SMILES string of the molecule is COc1ccc(C2CN(c3ncccc3C(N)=O)C3C4CCN(CC4)C23)cc1. The molecule has 0 spiro atoms. The predicted molar refractivity (Wildman–Crippen MR) is 108 cm³/mol. The Kier molecular flexibility index (Phi) is 4.23. The lowest BCUT2D eigenvalue weighted by molar-refractivity contribution is 0.0354. The van der Waals surface area contributed by atoms with E-state index in [4.69, 9.17) is 10.5 Å². The van der Waals surface area contributed by atoms with E-state index in [1.54, 1.807) is 25.4 Å². The Morgan fingerprint density at radius 3 is 2.57 bits per heavy atom. The van der Waals surface area contributed by atoms with Gasteiger partial charge in [-0.05, 0) is 61.7 Å². The number of nitrogens with zero attached hydrogens (tertiary/aromatic N) is 3. The van der Waals surface area contributed by atoms with E-state index >= 15 is 0 Å². The van der Waals surface area contributed by atoms with Gasteiger partial charge in [-0.25, -0.2) is 4.98 Å². The third-order valence-electron chi connectivity index (χ3n) is 6.86. The number of amides is 1. The van der Waals surface area contributed by atoms with Crippen molar-refractivity contribution >= 4 is 11.7 Å². The van der Waals surface area contributed by atoms with Gasteiger partial charge in [-0.1, -0.05) is 12.1 Å². The summed E-state index contributed by atoms with van der Waals surface area (Å²) in [6.45, 7) is 3.18. The summed E-state index contributed by atoms with van der Waals surface area (Å²) in [5.41, 5.74) is 7.52. The summed E-state index contributed by atoms with van der Waals surface area (Å²) in [5, 5.41) is 0. The normalized spacial score (nSPS) is 30.9. The maximum atomic E-state index is 12.1. The number of anilines is 1. The zero-order valence-electron chi connectivity index (χ0n) is 16.1. The summed E-state index contributed by atoms with van der Waals surface area (Å²) in [6, 6.07) is 12.8. The zero-order valence-corrected chi connectivity index (χ0v) is 16.1. The van der Waals surface area contributed by atoms with Gasteiger partial charge in [0.1, 0.15) is 11.6 Å². The van der Waals surface area contributed by atoms with Gasteiger partial charge in [0.25, 0.3) is 5.91 Å². The molecule has 28 heavy (non-hydrogen) atoms. The van der Waals surface area contributed by atoms with Crippen molar-refractivity contribution in [3.8, 4) is 5.75 Å². The molecule has 6 nitrogen and oxygen atoms in total. The largest absolute Gasteiger partial charge is 0.497 e. The maximum Gasteiger partial charge on any atom is 0.252 e. The molecule has 2 bridgehead atoms. The number of methoxy groups -OCH3 is 1. The molecule has 146 valence electrons. The van der Waals surface area contributed by atoms with E-state index in [0.29, 0.717) is 29.5 Å². The molecule has 4 aliphatic rings. The molecule has 1 aromatic carbocycles. The lowest BCUT2D eigenvalue weighted by Crippen LogP contribution is -2.60. The summed E-state index contributed by atoms with van der Waals surface area (Å²) >= 11 is 0. The van der Waals surface area contributed by atoms with Crippen LogP contribution >= 0.6 is 0 Å². The van der Waals surface area contributed by atoms with Crippen LogP contribution in [0.4, 0.5) is 5.82 Å². The highest BCUT2D eigenvalue weighted by Gasteiger charge is 2.54. The standard InChI is InChI=1S/C22H26N4O2/c1-28-16-6-4-14(5-7-16)18-13-26(22-17(21(23)27)3-2-10-24-22)19-15-8-11-25(12-9-15)20(18)19/h2-7,10,15,18-20H,8-9,11-13H2,1H3,(H2,23,27). The number of piperidine rings is 3. The molecule has 0 aliphatic carbocycles. The Bertz CT molecular complexity index is 876. The van der Waals surface area contributed by atoms with Gasteiger partial charge in [-0.3, -0.25) is 9.69 Å². The lowest BCUT2D eigenvalue weighted by Gasteiger charge is -2.51. The van der Waals surface area contributed by atoms with Crippen LogP contribution in [-0.2, 0) is 0 Å². The van der Waals surface area contributed by atoms with E-state index in [-0.39, 0.29) is 0 Å². The van der Waals surface area contributed by atoms with Crippen molar-refractivity contribution in [3.63, 3.8) is 0 Å². The first-order valence-corrected chi connectivity index (χ1v) is 10.1. The molecule has 2 aromatic rings. The summed E-state index contributed by atoms with van der Waals surface area (Å²) in [5.74, 6) is 2.23. The first-order chi connectivity index (χ1) is 13.7. The van der Waals surface area contributed by atoms with Crippen LogP contribution in [-0.4, -0.2) is 54.6 Å². The van der Waals surface area contributed by atoms with E-state index in [1.165, 1.54) is 18.4 Å².